The predicted molar refractivity (Wildman–Crippen MR) is 85.5 cm³/mol. The fraction of sp³-hybridized carbons (Fsp3) is 0.471. The lowest BCUT2D eigenvalue weighted by Gasteiger charge is -2.15. The van der Waals surface area contributed by atoms with Crippen LogP contribution in [0.2, 0.25) is 0 Å². The maximum atomic E-state index is 5.53. The first-order chi connectivity index (χ1) is 9.52. The van der Waals surface area contributed by atoms with Gasteiger partial charge in [0.1, 0.15) is 5.82 Å². The first kappa shape index (κ1) is 14.8. The average Bonchev–Trinajstić information content (AvgIpc) is 2.41. The number of rotatable bonds is 5. The van der Waals surface area contributed by atoms with Crippen molar-refractivity contribution >= 4 is 16.7 Å². The van der Waals surface area contributed by atoms with E-state index in [9.17, 15) is 0 Å². The van der Waals surface area contributed by atoms with Crippen molar-refractivity contribution in [2.24, 2.45) is 0 Å². The van der Waals surface area contributed by atoms with E-state index in [0.29, 0.717) is 0 Å². The zero-order valence-electron chi connectivity index (χ0n) is 13.1. The van der Waals surface area contributed by atoms with Crippen LogP contribution in [0.15, 0.2) is 18.2 Å². The summed E-state index contributed by atoms with van der Waals surface area (Å²) in [6.45, 7) is 12.0. The Bertz CT molecular complexity index is 607. The quantitative estimate of drug-likeness (QED) is 0.893. The van der Waals surface area contributed by atoms with Gasteiger partial charge in [-0.2, -0.15) is 0 Å². The molecule has 2 aromatic rings. The second-order valence-corrected chi connectivity index (χ2v) is 5.37. The number of pyridine rings is 1. The number of benzene rings is 1. The van der Waals surface area contributed by atoms with Crippen LogP contribution in [0.1, 0.15) is 30.5 Å². The number of fused-ring (bicyclic) bond motifs is 1. The third kappa shape index (κ3) is 3.10. The smallest absolute Gasteiger partial charge is 0.127 e. The molecule has 0 aliphatic carbocycles. The second-order valence-electron chi connectivity index (χ2n) is 5.37. The molecule has 1 atom stereocenters. The molecule has 0 spiro atoms. The Hall–Kier alpha value is -1.61. The highest BCUT2D eigenvalue weighted by Gasteiger charge is 2.08. The van der Waals surface area contributed by atoms with Gasteiger partial charge in [-0.3, -0.25) is 0 Å². The van der Waals surface area contributed by atoms with Crippen LogP contribution in [-0.2, 0) is 4.74 Å². The number of nitrogens with one attached hydrogen (secondary N) is 1. The highest BCUT2D eigenvalue weighted by atomic mass is 16.5. The minimum absolute atomic E-state index is 0.191. The van der Waals surface area contributed by atoms with Crippen LogP contribution in [0, 0.1) is 20.8 Å². The van der Waals surface area contributed by atoms with E-state index in [1.165, 1.54) is 22.1 Å². The van der Waals surface area contributed by atoms with E-state index < -0.39 is 0 Å². The van der Waals surface area contributed by atoms with Crippen LogP contribution < -0.4 is 5.32 Å². The average molecular weight is 272 g/mol. The Morgan fingerprint density at radius 1 is 1.20 bits per heavy atom. The summed E-state index contributed by atoms with van der Waals surface area (Å²) in [5.41, 5.74) is 4.89. The molecule has 0 radical (unpaired) electrons. The van der Waals surface area contributed by atoms with Gasteiger partial charge in [0.2, 0.25) is 0 Å². The van der Waals surface area contributed by atoms with Crippen molar-refractivity contribution < 1.29 is 4.74 Å². The molecular formula is C17H24N2O. The fourth-order valence-electron chi connectivity index (χ4n) is 2.38. The first-order valence-electron chi connectivity index (χ1n) is 7.26. The van der Waals surface area contributed by atoms with Gasteiger partial charge in [-0.1, -0.05) is 12.1 Å². The van der Waals surface area contributed by atoms with Crippen molar-refractivity contribution in [3.05, 3.63) is 34.9 Å². The molecular weight excluding hydrogens is 248 g/mol. The number of aryl methyl sites for hydroxylation is 3. The monoisotopic (exact) mass is 272 g/mol. The third-order valence-electron chi connectivity index (χ3n) is 3.73. The molecule has 3 heteroatoms. The second kappa shape index (κ2) is 6.23. The van der Waals surface area contributed by atoms with E-state index in [1.54, 1.807) is 0 Å². The van der Waals surface area contributed by atoms with E-state index in [-0.39, 0.29) is 6.10 Å². The maximum absolute atomic E-state index is 5.53. The molecule has 1 aromatic carbocycles. The number of hydrogen-bond acceptors (Lipinski definition) is 3. The van der Waals surface area contributed by atoms with Crippen LogP contribution in [0.5, 0.6) is 0 Å². The topological polar surface area (TPSA) is 34.1 Å². The maximum Gasteiger partial charge on any atom is 0.127 e. The molecule has 1 unspecified atom stereocenters. The number of ether oxygens (including phenoxy) is 1. The van der Waals surface area contributed by atoms with E-state index in [0.717, 1.165) is 24.5 Å². The molecule has 2 rings (SSSR count). The zero-order chi connectivity index (χ0) is 14.7. The Morgan fingerprint density at radius 2 is 1.95 bits per heavy atom. The molecule has 20 heavy (non-hydrogen) atoms. The van der Waals surface area contributed by atoms with Gasteiger partial charge in [0.05, 0.1) is 11.6 Å². The Balaban J connectivity index is 2.29. The number of hydrogen-bond donors (Lipinski definition) is 1. The van der Waals surface area contributed by atoms with Gasteiger partial charge in [-0.05, 0) is 57.4 Å². The summed E-state index contributed by atoms with van der Waals surface area (Å²) in [5.74, 6) is 0.926. The summed E-state index contributed by atoms with van der Waals surface area (Å²) < 4.78 is 5.53. The summed E-state index contributed by atoms with van der Waals surface area (Å²) in [5, 5.41) is 4.61. The molecule has 0 fully saturated rings. The third-order valence-corrected chi connectivity index (χ3v) is 3.73. The van der Waals surface area contributed by atoms with E-state index >= 15 is 0 Å². The highest BCUT2D eigenvalue weighted by Crippen LogP contribution is 2.25. The van der Waals surface area contributed by atoms with Gasteiger partial charge in [0.25, 0.3) is 0 Å². The molecule has 1 aromatic heterocycles. The highest BCUT2D eigenvalue weighted by molar-refractivity contribution is 5.87. The lowest BCUT2D eigenvalue weighted by molar-refractivity contribution is 0.0855. The van der Waals surface area contributed by atoms with E-state index in [1.807, 2.05) is 6.92 Å². The van der Waals surface area contributed by atoms with Crippen molar-refractivity contribution in [1.82, 2.24) is 4.98 Å². The Morgan fingerprint density at radius 3 is 2.65 bits per heavy atom. The van der Waals surface area contributed by atoms with Crippen molar-refractivity contribution in [1.29, 1.82) is 0 Å². The number of anilines is 1. The fourth-order valence-corrected chi connectivity index (χ4v) is 2.38. The van der Waals surface area contributed by atoms with Crippen molar-refractivity contribution in [3.8, 4) is 0 Å². The summed E-state index contributed by atoms with van der Waals surface area (Å²) >= 11 is 0. The van der Waals surface area contributed by atoms with Gasteiger partial charge in [0, 0.05) is 18.5 Å². The predicted octanol–water partition coefficient (Wildman–Crippen LogP) is 4.00. The molecule has 1 N–H and O–H groups in total. The molecule has 0 saturated carbocycles. The molecule has 1 heterocycles. The zero-order valence-corrected chi connectivity index (χ0v) is 13.1. The molecule has 3 nitrogen and oxygen atoms in total. The molecule has 108 valence electrons. The summed E-state index contributed by atoms with van der Waals surface area (Å²) in [4.78, 5) is 4.76. The summed E-state index contributed by atoms with van der Waals surface area (Å²) in [7, 11) is 0. The first-order valence-corrected chi connectivity index (χ1v) is 7.26. The van der Waals surface area contributed by atoms with Gasteiger partial charge in [-0.15, -0.1) is 0 Å². The van der Waals surface area contributed by atoms with Crippen LogP contribution >= 0.6 is 0 Å². The van der Waals surface area contributed by atoms with E-state index in [2.05, 4.69) is 51.2 Å². The van der Waals surface area contributed by atoms with Crippen molar-refractivity contribution in [2.75, 3.05) is 18.5 Å². The molecule has 0 aliphatic rings. The molecule has 0 aliphatic heterocycles. The molecule has 0 saturated heterocycles. The molecule has 0 amide bonds. The van der Waals surface area contributed by atoms with E-state index in [4.69, 9.17) is 9.72 Å². The van der Waals surface area contributed by atoms with Gasteiger partial charge in [-0.25, -0.2) is 4.98 Å². The largest absolute Gasteiger partial charge is 0.377 e. The lowest BCUT2D eigenvalue weighted by Crippen LogP contribution is -2.20. The Labute approximate surface area is 121 Å². The summed E-state index contributed by atoms with van der Waals surface area (Å²) in [6.07, 6.45) is 0.191. The lowest BCUT2D eigenvalue weighted by atomic mass is 10.0. The van der Waals surface area contributed by atoms with Gasteiger partial charge < -0.3 is 10.1 Å². The van der Waals surface area contributed by atoms with Gasteiger partial charge >= 0.3 is 0 Å². The van der Waals surface area contributed by atoms with Crippen molar-refractivity contribution in [2.45, 2.75) is 40.7 Å². The minimum atomic E-state index is 0.191. The van der Waals surface area contributed by atoms with Crippen LogP contribution in [0.4, 0.5) is 5.82 Å². The molecule has 0 bridgehead atoms. The van der Waals surface area contributed by atoms with Crippen LogP contribution in [0.25, 0.3) is 10.9 Å². The Kier molecular flexibility index (Phi) is 4.61. The van der Waals surface area contributed by atoms with Gasteiger partial charge in [0.15, 0.2) is 0 Å². The van der Waals surface area contributed by atoms with Crippen molar-refractivity contribution in [3.63, 3.8) is 0 Å². The number of aromatic nitrogens is 1. The van der Waals surface area contributed by atoms with Crippen LogP contribution in [0.3, 0.4) is 0 Å². The summed E-state index contributed by atoms with van der Waals surface area (Å²) in [6, 6.07) is 6.43. The normalized spacial score (nSPS) is 12.7. The number of nitrogens with zero attached hydrogens (tertiary/aromatic N) is 1. The minimum Gasteiger partial charge on any atom is -0.377 e. The standard InChI is InChI=1S/C17H24N2O/c1-6-20-13(4)10-18-16-9-12(3)15-8-7-11(2)14(5)17(15)19-16/h7-9,13H,6,10H2,1-5H3,(H,18,19). The SMILES string of the molecule is CCOC(C)CNc1cc(C)c2ccc(C)c(C)c2n1. The van der Waals surface area contributed by atoms with Crippen LogP contribution in [-0.4, -0.2) is 24.2 Å².